The molecule has 5 heteroatoms. The van der Waals surface area contributed by atoms with Crippen LogP contribution in [0.1, 0.15) is 19.8 Å². The number of aryl methyl sites for hydroxylation is 1. The van der Waals surface area contributed by atoms with Crippen LogP contribution in [0.3, 0.4) is 0 Å². The van der Waals surface area contributed by atoms with Crippen molar-refractivity contribution in [2.45, 2.75) is 31.8 Å². The summed E-state index contributed by atoms with van der Waals surface area (Å²) in [6.45, 7) is 2.78. The first-order valence-electron chi connectivity index (χ1n) is 4.88. The first-order chi connectivity index (χ1) is 7.09. The molecular weight excluding hydrogens is 303 g/mol. The minimum absolute atomic E-state index is 0.416. The van der Waals surface area contributed by atoms with Crippen LogP contribution in [0.15, 0.2) is 12.4 Å². The van der Waals surface area contributed by atoms with E-state index >= 15 is 0 Å². The van der Waals surface area contributed by atoms with E-state index in [0.717, 1.165) is 23.0 Å². The lowest BCUT2D eigenvalue weighted by atomic mass is 9.98. The average molecular weight is 318 g/mol. The number of nitrogens with zero attached hydrogens (tertiary/aromatic N) is 3. The SMILES string of the molecule is CNC(C)(C#N)CCCn1cc(I)cn1. The molecule has 1 aromatic heterocycles. The molecule has 1 rings (SSSR count). The zero-order chi connectivity index (χ0) is 11.3. The van der Waals surface area contributed by atoms with Gasteiger partial charge in [0.15, 0.2) is 0 Å². The van der Waals surface area contributed by atoms with Gasteiger partial charge < -0.3 is 5.32 Å². The van der Waals surface area contributed by atoms with Crippen molar-refractivity contribution in [3.63, 3.8) is 0 Å². The van der Waals surface area contributed by atoms with Gasteiger partial charge in [0.05, 0.1) is 15.8 Å². The fraction of sp³-hybridized carbons (Fsp3) is 0.600. The number of halogens is 1. The summed E-state index contributed by atoms with van der Waals surface area (Å²) in [5, 5.41) is 16.2. The highest BCUT2D eigenvalue weighted by atomic mass is 127. The summed E-state index contributed by atoms with van der Waals surface area (Å²) in [4.78, 5) is 0. The van der Waals surface area contributed by atoms with Crippen LogP contribution in [0.2, 0.25) is 0 Å². The molecule has 0 aliphatic rings. The van der Waals surface area contributed by atoms with Crippen molar-refractivity contribution in [2.24, 2.45) is 0 Å². The summed E-state index contributed by atoms with van der Waals surface area (Å²) < 4.78 is 3.05. The molecule has 0 fully saturated rings. The van der Waals surface area contributed by atoms with E-state index in [2.05, 4.69) is 39.1 Å². The Morgan fingerprint density at radius 1 is 1.73 bits per heavy atom. The second-order valence-corrected chi connectivity index (χ2v) is 4.96. The zero-order valence-electron chi connectivity index (χ0n) is 9.00. The second kappa shape index (κ2) is 5.47. The molecule has 1 N–H and O–H groups in total. The molecule has 15 heavy (non-hydrogen) atoms. The molecule has 1 aromatic rings. The standard InChI is InChI=1S/C10H15IN4/c1-10(8-12,13-2)4-3-5-15-7-9(11)6-14-15/h6-7,13H,3-5H2,1-2H3. The Morgan fingerprint density at radius 3 is 2.93 bits per heavy atom. The molecule has 0 saturated heterocycles. The Bertz CT molecular complexity index is 355. The Morgan fingerprint density at radius 2 is 2.47 bits per heavy atom. The van der Waals surface area contributed by atoms with Crippen molar-refractivity contribution in [3.8, 4) is 6.07 Å². The number of rotatable bonds is 5. The summed E-state index contributed by atoms with van der Waals surface area (Å²) in [5.74, 6) is 0. The van der Waals surface area contributed by atoms with Crippen LogP contribution in [0.4, 0.5) is 0 Å². The fourth-order valence-electron chi connectivity index (χ4n) is 1.29. The second-order valence-electron chi connectivity index (χ2n) is 3.72. The van der Waals surface area contributed by atoms with Crippen LogP contribution in [0.25, 0.3) is 0 Å². The van der Waals surface area contributed by atoms with Crippen LogP contribution in [0.5, 0.6) is 0 Å². The lowest BCUT2D eigenvalue weighted by Gasteiger charge is -2.20. The lowest BCUT2D eigenvalue weighted by molar-refractivity contribution is 0.415. The molecule has 0 radical (unpaired) electrons. The molecule has 0 bridgehead atoms. The first-order valence-corrected chi connectivity index (χ1v) is 5.95. The lowest BCUT2D eigenvalue weighted by Crippen LogP contribution is -2.38. The number of nitrogens with one attached hydrogen (secondary N) is 1. The van der Waals surface area contributed by atoms with E-state index in [0.29, 0.717) is 0 Å². The van der Waals surface area contributed by atoms with Gasteiger partial charge in [-0.25, -0.2) is 0 Å². The third-order valence-corrected chi connectivity index (χ3v) is 3.02. The molecular formula is C10H15IN4. The molecule has 1 heterocycles. The van der Waals surface area contributed by atoms with E-state index in [1.807, 2.05) is 31.0 Å². The molecule has 4 nitrogen and oxygen atoms in total. The Labute approximate surface area is 104 Å². The summed E-state index contributed by atoms with van der Waals surface area (Å²) >= 11 is 2.24. The van der Waals surface area contributed by atoms with Gasteiger partial charge in [-0.1, -0.05) is 0 Å². The van der Waals surface area contributed by atoms with Gasteiger partial charge in [-0.05, 0) is 49.4 Å². The van der Waals surface area contributed by atoms with Gasteiger partial charge in [-0.15, -0.1) is 0 Å². The third kappa shape index (κ3) is 3.80. The zero-order valence-corrected chi connectivity index (χ0v) is 11.2. The van der Waals surface area contributed by atoms with Crippen LogP contribution in [-0.4, -0.2) is 22.4 Å². The summed E-state index contributed by atoms with van der Waals surface area (Å²) in [7, 11) is 1.82. The summed E-state index contributed by atoms with van der Waals surface area (Å²) in [6, 6.07) is 2.28. The van der Waals surface area contributed by atoms with Crippen LogP contribution < -0.4 is 5.32 Å². The van der Waals surface area contributed by atoms with Gasteiger partial charge in [-0.3, -0.25) is 4.68 Å². The number of hydrogen-bond donors (Lipinski definition) is 1. The Balaban J connectivity index is 2.37. The molecule has 0 saturated carbocycles. The monoisotopic (exact) mass is 318 g/mol. The van der Waals surface area contributed by atoms with Crippen molar-refractivity contribution in [1.82, 2.24) is 15.1 Å². The molecule has 0 aromatic carbocycles. The topological polar surface area (TPSA) is 53.6 Å². The van der Waals surface area contributed by atoms with Gasteiger partial charge in [-0.2, -0.15) is 10.4 Å². The van der Waals surface area contributed by atoms with Crippen molar-refractivity contribution < 1.29 is 0 Å². The molecule has 0 aliphatic heterocycles. The maximum Gasteiger partial charge on any atom is 0.103 e. The Kier molecular flexibility index (Phi) is 4.54. The summed E-state index contributed by atoms with van der Waals surface area (Å²) in [5.41, 5.74) is -0.416. The van der Waals surface area contributed by atoms with Crippen molar-refractivity contribution in [1.29, 1.82) is 5.26 Å². The highest BCUT2D eigenvalue weighted by molar-refractivity contribution is 14.1. The van der Waals surface area contributed by atoms with Crippen molar-refractivity contribution >= 4 is 22.6 Å². The number of hydrogen-bond acceptors (Lipinski definition) is 3. The quantitative estimate of drug-likeness (QED) is 0.842. The summed E-state index contributed by atoms with van der Waals surface area (Å²) in [6.07, 6.45) is 5.62. The maximum atomic E-state index is 8.95. The van der Waals surface area contributed by atoms with Crippen LogP contribution >= 0.6 is 22.6 Å². The molecule has 0 aliphatic carbocycles. The van der Waals surface area contributed by atoms with E-state index in [4.69, 9.17) is 5.26 Å². The van der Waals surface area contributed by atoms with Gasteiger partial charge in [0.1, 0.15) is 5.54 Å². The van der Waals surface area contributed by atoms with Crippen molar-refractivity contribution in [2.75, 3.05) is 7.05 Å². The van der Waals surface area contributed by atoms with Gasteiger partial charge in [0.2, 0.25) is 0 Å². The van der Waals surface area contributed by atoms with Gasteiger partial charge in [0, 0.05) is 12.7 Å². The van der Waals surface area contributed by atoms with Crippen LogP contribution in [0, 0.1) is 14.9 Å². The molecule has 82 valence electrons. The minimum Gasteiger partial charge on any atom is -0.303 e. The van der Waals surface area contributed by atoms with E-state index in [1.165, 1.54) is 0 Å². The largest absolute Gasteiger partial charge is 0.303 e. The minimum atomic E-state index is -0.416. The normalized spacial score (nSPS) is 14.5. The predicted octanol–water partition coefficient (Wildman–Crippen LogP) is 1.77. The van der Waals surface area contributed by atoms with E-state index < -0.39 is 5.54 Å². The van der Waals surface area contributed by atoms with Crippen molar-refractivity contribution in [3.05, 3.63) is 16.0 Å². The smallest absolute Gasteiger partial charge is 0.103 e. The van der Waals surface area contributed by atoms with Gasteiger partial charge >= 0.3 is 0 Å². The average Bonchev–Trinajstić information content (AvgIpc) is 2.64. The van der Waals surface area contributed by atoms with E-state index in [-0.39, 0.29) is 0 Å². The van der Waals surface area contributed by atoms with E-state index in [9.17, 15) is 0 Å². The molecule has 0 amide bonds. The highest BCUT2D eigenvalue weighted by Gasteiger charge is 2.19. The van der Waals surface area contributed by atoms with E-state index in [1.54, 1.807) is 0 Å². The fourth-order valence-corrected chi connectivity index (χ4v) is 1.74. The maximum absolute atomic E-state index is 8.95. The number of aromatic nitrogens is 2. The Hall–Kier alpha value is -0.610. The highest BCUT2D eigenvalue weighted by Crippen LogP contribution is 2.11. The molecule has 1 unspecified atom stereocenters. The van der Waals surface area contributed by atoms with Crippen LogP contribution in [-0.2, 0) is 6.54 Å². The predicted molar refractivity (Wildman–Crippen MR) is 67.3 cm³/mol. The third-order valence-electron chi connectivity index (χ3n) is 2.46. The number of nitriles is 1. The molecule has 1 atom stereocenters. The van der Waals surface area contributed by atoms with Gasteiger partial charge in [0.25, 0.3) is 0 Å². The molecule has 0 spiro atoms. The first kappa shape index (κ1) is 12.5.